The summed E-state index contributed by atoms with van der Waals surface area (Å²) in [6.45, 7) is 2.23. The van der Waals surface area contributed by atoms with Crippen LogP contribution in [-0.4, -0.2) is 16.6 Å². The molecule has 4 nitrogen and oxygen atoms in total. The van der Waals surface area contributed by atoms with E-state index in [-0.39, 0.29) is 5.91 Å². The zero-order valence-electron chi connectivity index (χ0n) is 11.6. The second-order valence-corrected chi connectivity index (χ2v) is 5.57. The van der Waals surface area contributed by atoms with E-state index in [0.29, 0.717) is 11.5 Å². The van der Waals surface area contributed by atoms with Crippen molar-refractivity contribution >= 4 is 22.5 Å². The lowest BCUT2D eigenvalue weighted by Gasteiger charge is -2.18. The molecule has 1 saturated carbocycles. The van der Waals surface area contributed by atoms with E-state index in [1.54, 1.807) is 6.20 Å². The van der Waals surface area contributed by atoms with E-state index in [0.717, 1.165) is 29.5 Å². The number of carbonyl (C=O) groups is 1. The fraction of sp³-hybridized carbons (Fsp3) is 0.375. The normalized spacial score (nSPS) is 21.2. The molecule has 104 valence electrons. The number of hydrogen-bond donors (Lipinski definition) is 2. The number of aromatic amines is 1. The first-order valence-corrected chi connectivity index (χ1v) is 7.16. The first-order chi connectivity index (χ1) is 9.74. The number of hydrazone groups is 1. The van der Waals surface area contributed by atoms with Gasteiger partial charge in [-0.3, -0.25) is 4.79 Å². The molecule has 0 spiro atoms. The third-order valence-corrected chi connectivity index (χ3v) is 3.90. The number of nitrogens with one attached hydrogen (secondary N) is 2. The molecule has 1 aromatic carbocycles. The van der Waals surface area contributed by atoms with Gasteiger partial charge in [0.05, 0.1) is 5.56 Å². The second kappa shape index (κ2) is 5.49. The average molecular weight is 269 g/mol. The topological polar surface area (TPSA) is 57.2 Å². The van der Waals surface area contributed by atoms with E-state index in [9.17, 15) is 4.79 Å². The Morgan fingerprint density at radius 3 is 3.10 bits per heavy atom. The van der Waals surface area contributed by atoms with Crippen LogP contribution in [0.4, 0.5) is 0 Å². The molecule has 1 aromatic heterocycles. The molecule has 1 unspecified atom stereocenters. The van der Waals surface area contributed by atoms with Crippen molar-refractivity contribution in [3.63, 3.8) is 0 Å². The van der Waals surface area contributed by atoms with E-state index < -0.39 is 0 Å². The van der Waals surface area contributed by atoms with E-state index in [2.05, 4.69) is 22.4 Å². The minimum atomic E-state index is -0.145. The Bertz CT molecular complexity index is 657. The molecule has 2 aromatic rings. The van der Waals surface area contributed by atoms with Crippen molar-refractivity contribution in [3.8, 4) is 0 Å². The SMILES string of the molecule is CC1CCCC(=NNC(=O)c2c[nH]c3ccccc23)C1. The van der Waals surface area contributed by atoms with Gasteiger partial charge in [0.2, 0.25) is 0 Å². The highest BCUT2D eigenvalue weighted by atomic mass is 16.2. The van der Waals surface area contributed by atoms with Gasteiger partial charge in [-0.1, -0.05) is 25.1 Å². The molecule has 20 heavy (non-hydrogen) atoms. The van der Waals surface area contributed by atoms with Crippen LogP contribution < -0.4 is 5.43 Å². The molecule has 4 heteroatoms. The quantitative estimate of drug-likeness (QED) is 0.806. The molecule has 1 amide bonds. The maximum Gasteiger partial charge on any atom is 0.273 e. The number of H-pyrrole nitrogens is 1. The molecule has 3 rings (SSSR count). The fourth-order valence-electron chi connectivity index (χ4n) is 2.81. The predicted molar refractivity (Wildman–Crippen MR) is 80.8 cm³/mol. The Hall–Kier alpha value is -2.10. The number of carbonyl (C=O) groups excluding carboxylic acids is 1. The van der Waals surface area contributed by atoms with Gasteiger partial charge >= 0.3 is 0 Å². The summed E-state index contributed by atoms with van der Waals surface area (Å²) in [7, 11) is 0. The van der Waals surface area contributed by atoms with Crippen LogP contribution in [0.1, 0.15) is 43.0 Å². The molecule has 1 aliphatic carbocycles. The molecule has 1 aliphatic rings. The van der Waals surface area contributed by atoms with Crippen LogP contribution in [-0.2, 0) is 0 Å². The first-order valence-electron chi connectivity index (χ1n) is 7.16. The van der Waals surface area contributed by atoms with Crippen molar-refractivity contribution in [3.05, 3.63) is 36.0 Å². The number of aromatic nitrogens is 1. The molecule has 1 heterocycles. The largest absolute Gasteiger partial charge is 0.360 e. The summed E-state index contributed by atoms with van der Waals surface area (Å²) in [6.07, 6.45) is 6.16. The second-order valence-electron chi connectivity index (χ2n) is 5.57. The van der Waals surface area contributed by atoms with Crippen LogP contribution in [0.25, 0.3) is 10.9 Å². The van der Waals surface area contributed by atoms with Crippen molar-refractivity contribution < 1.29 is 4.79 Å². The zero-order chi connectivity index (χ0) is 13.9. The zero-order valence-corrected chi connectivity index (χ0v) is 11.6. The van der Waals surface area contributed by atoms with Gasteiger partial charge in [-0.25, -0.2) is 5.43 Å². The van der Waals surface area contributed by atoms with E-state index in [1.807, 2.05) is 24.3 Å². The number of amides is 1. The van der Waals surface area contributed by atoms with Gasteiger partial charge in [0.15, 0.2) is 0 Å². The number of benzene rings is 1. The summed E-state index contributed by atoms with van der Waals surface area (Å²) in [4.78, 5) is 15.3. The number of nitrogens with zero attached hydrogens (tertiary/aromatic N) is 1. The van der Waals surface area contributed by atoms with Gasteiger partial charge in [-0.2, -0.15) is 5.10 Å². The van der Waals surface area contributed by atoms with Crippen LogP contribution in [0, 0.1) is 5.92 Å². The summed E-state index contributed by atoms with van der Waals surface area (Å²) in [5.41, 5.74) is 5.42. The van der Waals surface area contributed by atoms with Crippen LogP contribution in [0.2, 0.25) is 0 Å². The third kappa shape index (κ3) is 2.59. The van der Waals surface area contributed by atoms with Crippen LogP contribution in [0.3, 0.4) is 0 Å². The highest BCUT2D eigenvalue weighted by molar-refractivity contribution is 6.07. The molecule has 0 saturated heterocycles. The Kier molecular flexibility index (Phi) is 3.54. The van der Waals surface area contributed by atoms with Crippen LogP contribution in [0.15, 0.2) is 35.6 Å². The lowest BCUT2D eigenvalue weighted by molar-refractivity contribution is 0.0956. The van der Waals surface area contributed by atoms with E-state index >= 15 is 0 Å². The summed E-state index contributed by atoms with van der Waals surface area (Å²) in [5, 5.41) is 5.23. The third-order valence-electron chi connectivity index (χ3n) is 3.90. The summed E-state index contributed by atoms with van der Waals surface area (Å²) < 4.78 is 0. The molecule has 1 fully saturated rings. The molecule has 2 N–H and O–H groups in total. The standard InChI is InChI=1S/C16H19N3O/c1-11-5-4-6-12(9-11)18-19-16(20)14-10-17-15-8-3-2-7-13(14)15/h2-3,7-8,10-11,17H,4-6,9H2,1H3,(H,19,20). The number of rotatable bonds is 2. The summed E-state index contributed by atoms with van der Waals surface area (Å²) in [5.74, 6) is 0.528. The van der Waals surface area contributed by atoms with Crippen LogP contribution in [0.5, 0.6) is 0 Å². The van der Waals surface area contributed by atoms with Crippen LogP contribution >= 0.6 is 0 Å². The minimum Gasteiger partial charge on any atom is -0.360 e. The van der Waals surface area contributed by atoms with Crippen molar-refractivity contribution in [2.45, 2.75) is 32.6 Å². The highest BCUT2D eigenvalue weighted by Crippen LogP contribution is 2.21. The Morgan fingerprint density at radius 1 is 1.40 bits per heavy atom. The molecule has 0 radical (unpaired) electrons. The van der Waals surface area contributed by atoms with Crippen molar-refractivity contribution in [2.75, 3.05) is 0 Å². The lowest BCUT2D eigenvalue weighted by atomic mass is 9.89. The van der Waals surface area contributed by atoms with Gasteiger partial charge in [0, 0.05) is 22.8 Å². The number of fused-ring (bicyclic) bond motifs is 1. The number of hydrogen-bond acceptors (Lipinski definition) is 2. The van der Waals surface area contributed by atoms with E-state index in [4.69, 9.17) is 0 Å². The Balaban J connectivity index is 1.75. The number of para-hydroxylation sites is 1. The first kappa shape index (κ1) is 12.9. The monoisotopic (exact) mass is 269 g/mol. The molecule has 0 aliphatic heterocycles. The van der Waals surface area contributed by atoms with Crippen molar-refractivity contribution in [1.82, 2.24) is 10.4 Å². The van der Waals surface area contributed by atoms with E-state index in [1.165, 1.54) is 12.8 Å². The summed E-state index contributed by atoms with van der Waals surface area (Å²) in [6, 6.07) is 7.78. The smallest absolute Gasteiger partial charge is 0.273 e. The molecular weight excluding hydrogens is 250 g/mol. The molecular formula is C16H19N3O. The maximum absolute atomic E-state index is 12.2. The van der Waals surface area contributed by atoms with Gasteiger partial charge in [-0.05, 0) is 37.7 Å². The van der Waals surface area contributed by atoms with Crippen molar-refractivity contribution in [1.29, 1.82) is 0 Å². The van der Waals surface area contributed by atoms with Gasteiger partial charge in [0.25, 0.3) is 5.91 Å². The molecule has 1 atom stereocenters. The summed E-state index contributed by atoms with van der Waals surface area (Å²) >= 11 is 0. The lowest BCUT2D eigenvalue weighted by Crippen LogP contribution is -2.22. The average Bonchev–Trinajstić information content (AvgIpc) is 2.89. The minimum absolute atomic E-state index is 0.145. The predicted octanol–water partition coefficient (Wildman–Crippen LogP) is 3.46. The van der Waals surface area contributed by atoms with Gasteiger partial charge < -0.3 is 4.98 Å². The highest BCUT2D eigenvalue weighted by Gasteiger charge is 2.15. The Morgan fingerprint density at radius 2 is 2.25 bits per heavy atom. The maximum atomic E-state index is 12.2. The Labute approximate surface area is 118 Å². The van der Waals surface area contributed by atoms with Gasteiger partial charge in [-0.15, -0.1) is 0 Å². The van der Waals surface area contributed by atoms with Gasteiger partial charge in [0.1, 0.15) is 0 Å². The van der Waals surface area contributed by atoms with Crippen molar-refractivity contribution in [2.24, 2.45) is 11.0 Å². The molecule has 0 bridgehead atoms. The fourth-order valence-corrected chi connectivity index (χ4v) is 2.81.